The fourth-order valence-electron chi connectivity index (χ4n) is 1.88. The molecule has 22 heavy (non-hydrogen) atoms. The molecule has 8 nitrogen and oxygen atoms in total. The van der Waals surface area contributed by atoms with Crippen molar-refractivity contribution in [1.82, 2.24) is 0 Å². The molecule has 0 radical (unpaired) electrons. The van der Waals surface area contributed by atoms with Crippen LogP contribution in [0.1, 0.15) is 31.1 Å². The molecule has 8 heteroatoms. The van der Waals surface area contributed by atoms with Crippen LogP contribution < -0.4 is 9.47 Å². The van der Waals surface area contributed by atoms with E-state index >= 15 is 0 Å². The van der Waals surface area contributed by atoms with Gasteiger partial charge in [-0.05, 0) is 6.07 Å². The first-order valence-corrected chi connectivity index (χ1v) is 6.00. The lowest BCUT2D eigenvalue weighted by Gasteiger charge is -2.17. The van der Waals surface area contributed by atoms with Gasteiger partial charge in [-0.1, -0.05) is 0 Å². The van der Waals surface area contributed by atoms with E-state index in [1.807, 2.05) is 0 Å². The Balaban J connectivity index is 3.90. The van der Waals surface area contributed by atoms with Gasteiger partial charge >= 0.3 is 17.9 Å². The van der Waals surface area contributed by atoms with Crippen molar-refractivity contribution < 1.29 is 38.1 Å². The highest BCUT2D eigenvalue weighted by atomic mass is 16.5. The maximum absolute atomic E-state index is 12.0. The second kappa shape index (κ2) is 7.30. The Morgan fingerprint density at radius 3 is 1.64 bits per heavy atom. The molecule has 0 heterocycles. The lowest BCUT2D eigenvalue weighted by atomic mass is 9.98. The van der Waals surface area contributed by atoms with E-state index in [0.29, 0.717) is 0 Å². The van der Waals surface area contributed by atoms with Gasteiger partial charge in [-0.15, -0.1) is 0 Å². The molecule has 0 saturated heterocycles. The third-order valence-electron chi connectivity index (χ3n) is 2.85. The molecule has 0 aromatic heterocycles. The molecule has 0 amide bonds. The van der Waals surface area contributed by atoms with Gasteiger partial charge in [-0.3, -0.25) is 0 Å². The van der Waals surface area contributed by atoms with Gasteiger partial charge in [0.1, 0.15) is 5.56 Å². The minimum atomic E-state index is -0.915. The van der Waals surface area contributed by atoms with Gasteiger partial charge in [-0.2, -0.15) is 0 Å². The largest absolute Gasteiger partial charge is 0.493 e. The standard InChI is InChI=1S/C14H16O8/c1-18-8-6-7(12(15)20-3)9(13(16)21-4)10(11(8)19-2)14(17)22-5/h6H,1-5H3. The Kier molecular flexibility index (Phi) is 5.73. The number of carbonyl (C=O) groups excluding carboxylic acids is 3. The van der Waals surface area contributed by atoms with Crippen LogP contribution in [0.4, 0.5) is 0 Å². The first-order chi connectivity index (χ1) is 10.5. The molecule has 1 aromatic rings. The fourth-order valence-corrected chi connectivity index (χ4v) is 1.88. The van der Waals surface area contributed by atoms with Gasteiger partial charge < -0.3 is 23.7 Å². The maximum atomic E-state index is 12.0. The Bertz CT molecular complexity index is 605. The quantitative estimate of drug-likeness (QED) is 0.588. The molecule has 0 aliphatic heterocycles. The van der Waals surface area contributed by atoms with Crippen molar-refractivity contribution in [3.8, 4) is 11.5 Å². The molecule has 0 bridgehead atoms. The summed E-state index contributed by atoms with van der Waals surface area (Å²) in [7, 11) is 5.97. The van der Waals surface area contributed by atoms with E-state index in [0.717, 1.165) is 21.3 Å². The molecule has 0 fully saturated rings. The zero-order valence-corrected chi connectivity index (χ0v) is 12.8. The molecule has 0 saturated carbocycles. The summed E-state index contributed by atoms with van der Waals surface area (Å²) in [6.45, 7) is 0. The Labute approximate surface area is 126 Å². The third kappa shape index (κ3) is 2.95. The van der Waals surface area contributed by atoms with Gasteiger partial charge in [0.2, 0.25) is 0 Å². The van der Waals surface area contributed by atoms with Gasteiger partial charge in [0.15, 0.2) is 11.5 Å². The SMILES string of the molecule is COC(=O)c1cc(OC)c(OC)c(C(=O)OC)c1C(=O)OC. The Morgan fingerprint density at radius 2 is 1.23 bits per heavy atom. The van der Waals surface area contributed by atoms with E-state index in [1.165, 1.54) is 20.3 Å². The summed E-state index contributed by atoms with van der Waals surface area (Å²) in [5.74, 6) is -2.63. The van der Waals surface area contributed by atoms with Gasteiger partial charge in [0.05, 0.1) is 46.7 Å². The van der Waals surface area contributed by atoms with Crippen molar-refractivity contribution >= 4 is 17.9 Å². The second-order valence-corrected chi connectivity index (χ2v) is 3.88. The highest BCUT2D eigenvalue weighted by Crippen LogP contribution is 2.37. The summed E-state index contributed by atoms with van der Waals surface area (Å²) in [5, 5.41) is 0. The van der Waals surface area contributed by atoms with Crippen LogP contribution in [0.3, 0.4) is 0 Å². The van der Waals surface area contributed by atoms with E-state index < -0.39 is 17.9 Å². The molecule has 1 aromatic carbocycles. The smallest absolute Gasteiger partial charge is 0.342 e. The molecule has 0 aliphatic rings. The lowest BCUT2D eigenvalue weighted by molar-refractivity contribution is 0.0532. The highest BCUT2D eigenvalue weighted by Gasteiger charge is 2.32. The zero-order chi connectivity index (χ0) is 16.9. The average molecular weight is 312 g/mol. The predicted molar refractivity (Wildman–Crippen MR) is 73.6 cm³/mol. The number of hydrogen-bond donors (Lipinski definition) is 0. The summed E-state index contributed by atoms with van der Waals surface area (Å²) in [5.41, 5.74) is -0.803. The highest BCUT2D eigenvalue weighted by molar-refractivity contribution is 6.12. The van der Waals surface area contributed by atoms with E-state index in [2.05, 4.69) is 14.2 Å². The van der Waals surface area contributed by atoms with Crippen molar-refractivity contribution in [1.29, 1.82) is 0 Å². The number of esters is 3. The molecular formula is C14H16O8. The number of ether oxygens (including phenoxy) is 5. The average Bonchev–Trinajstić information content (AvgIpc) is 2.57. The van der Waals surface area contributed by atoms with Crippen molar-refractivity contribution in [2.24, 2.45) is 0 Å². The van der Waals surface area contributed by atoms with Gasteiger partial charge in [0, 0.05) is 0 Å². The summed E-state index contributed by atoms with van der Waals surface area (Å²) >= 11 is 0. The van der Waals surface area contributed by atoms with E-state index in [-0.39, 0.29) is 28.2 Å². The number of benzene rings is 1. The van der Waals surface area contributed by atoms with Crippen LogP contribution in [0.25, 0.3) is 0 Å². The number of carbonyl (C=O) groups is 3. The Morgan fingerprint density at radius 1 is 0.727 bits per heavy atom. The van der Waals surface area contributed by atoms with Crippen molar-refractivity contribution in [3.63, 3.8) is 0 Å². The molecule has 0 unspecified atom stereocenters. The van der Waals surface area contributed by atoms with E-state index in [4.69, 9.17) is 9.47 Å². The van der Waals surface area contributed by atoms with Crippen LogP contribution in [0.2, 0.25) is 0 Å². The van der Waals surface area contributed by atoms with E-state index in [1.54, 1.807) is 0 Å². The summed E-state index contributed by atoms with van der Waals surface area (Å²) in [4.78, 5) is 36.0. The summed E-state index contributed by atoms with van der Waals surface area (Å²) in [6, 6.07) is 1.23. The minimum absolute atomic E-state index is 0.0533. The lowest BCUT2D eigenvalue weighted by Crippen LogP contribution is -2.19. The summed E-state index contributed by atoms with van der Waals surface area (Å²) < 4.78 is 24.1. The molecular weight excluding hydrogens is 296 g/mol. The Hall–Kier alpha value is -2.77. The first-order valence-electron chi connectivity index (χ1n) is 6.00. The zero-order valence-electron chi connectivity index (χ0n) is 12.8. The fraction of sp³-hybridized carbons (Fsp3) is 0.357. The van der Waals surface area contributed by atoms with Gasteiger partial charge in [0.25, 0.3) is 0 Å². The van der Waals surface area contributed by atoms with Crippen LogP contribution in [0, 0.1) is 0 Å². The molecule has 0 atom stereocenters. The summed E-state index contributed by atoms with van der Waals surface area (Å²) in [6.07, 6.45) is 0. The van der Waals surface area contributed by atoms with Crippen LogP contribution in [0.15, 0.2) is 6.07 Å². The molecule has 120 valence electrons. The van der Waals surface area contributed by atoms with Crippen molar-refractivity contribution in [2.45, 2.75) is 0 Å². The molecule has 0 aliphatic carbocycles. The third-order valence-corrected chi connectivity index (χ3v) is 2.85. The predicted octanol–water partition coefficient (Wildman–Crippen LogP) is 1.06. The first kappa shape index (κ1) is 17.3. The molecule has 1 rings (SSSR count). The van der Waals surface area contributed by atoms with Crippen molar-refractivity contribution in [2.75, 3.05) is 35.5 Å². The molecule has 0 spiro atoms. The monoisotopic (exact) mass is 312 g/mol. The van der Waals surface area contributed by atoms with Crippen LogP contribution in [-0.2, 0) is 14.2 Å². The van der Waals surface area contributed by atoms with Gasteiger partial charge in [-0.25, -0.2) is 14.4 Å². The van der Waals surface area contributed by atoms with Crippen molar-refractivity contribution in [3.05, 3.63) is 22.8 Å². The van der Waals surface area contributed by atoms with Crippen LogP contribution >= 0.6 is 0 Å². The number of hydrogen-bond acceptors (Lipinski definition) is 8. The topological polar surface area (TPSA) is 97.4 Å². The maximum Gasteiger partial charge on any atom is 0.342 e. The molecule has 0 N–H and O–H groups in total. The van der Waals surface area contributed by atoms with Crippen LogP contribution in [0.5, 0.6) is 11.5 Å². The number of methoxy groups -OCH3 is 5. The number of rotatable bonds is 5. The van der Waals surface area contributed by atoms with Crippen LogP contribution in [-0.4, -0.2) is 53.5 Å². The second-order valence-electron chi connectivity index (χ2n) is 3.88. The minimum Gasteiger partial charge on any atom is -0.493 e. The van der Waals surface area contributed by atoms with E-state index in [9.17, 15) is 14.4 Å². The normalized spacial score (nSPS) is 9.68.